The molecule has 2 rings (SSSR count). The maximum Gasteiger partial charge on any atom is 0.262 e. The number of aliphatic hydroxyl groups is 1. The molecule has 100 valence electrons. The summed E-state index contributed by atoms with van der Waals surface area (Å²) >= 11 is 3.31. The zero-order valence-electron chi connectivity index (χ0n) is 10.1. The molecule has 0 amide bonds. The smallest absolute Gasteiger partial charge is 0.262 e. The fourth-order valence-electron chi connectivity index (χ4n) is 1.75. The van der Waals surface area contributed by atoms with Crippen molar-refractivity contribution in [1.82, 2.24) is 9.97 Å². The third-order valence-corrected chi connectivity index (χ3v) is 3.18. The van der Waals surface area contributed by atoms with E-state index in [1.54, 1.807) is 24.3 Å². The van der Waals surface area contributed by atoms with E-state index >= 15 is 0 Å². The Hall–Kier alpha value is -1.66. The predicted octanol–water partition coefficient (Wildman–Crippen LogP) is 1.83. The standard InChI is InChI=1S/C13H13BrN2O3/c14-9-5-3-8(4-6-9)11-12(18)15-10(2-1-7-17)16-13(11)19/h3-6,17H,1-2,7H2,(H2,15,16,18,19). The monoisotopic (exact) mass is 324 g/mol. The van der Waals surface area contributed by atoms with Crippen LogP contribution in [0, 0.1) is 0 Å². The van der Waals surface area contributed by atoms with E-state index in [1.165, 1.54) is 0 Å². The van der Waals surface area contributed by atoms with Crippen molar-refractivity contribution >= 4 is 15.9 Å². The SMILES string of the molecule is O=c1[nH]c(CCCO)nc(O)c1-c1ccc(Br)cc1. The number of aromatic amines is 1. The fourth-order valence-corrected chi connectivity index (χ4v) is 2.01. The minimum Gasteiger partial charge on any atom is -0.493 e. The van der Waals surface area contributed by atoms with Crippen LogP contribution in [0.3, 0.4) is 0 Å². The number of halogens is 1. The molecular weight excluding hydrogens is 312 g/mol. The molecule has 0 spiro atoms. The van der Waals surface area contributed by atoms with E-state index in [0.717, 1.165) is 4.47 Å². The summed E-state index contributed by atoms with van der Waals surface area (Å²) in [5.74, 6) is 0.0800. The van der Waals surface area contributed by atoms with Gasteiger partial charge in [-0.25, -0.2) is 0 Å². The molecule has 0 radical (unpaired) electrons. The first-order valence-electron chi connectivity index (χ1n) is 5.81. The molecule has 19 heavy (non-hydrogen) atoms. The van der Waals surface area contributed by atoms with Gasteiger partial charge >= 0.3 is 0 Å². The molecule has 3 N–H and O–H groups in total. The van der Waals surface area contributed by atoms with E-state index in [4.69, 9.17) is 5.11 Å². The van der Waals surface area contributed by atoms with Crippen molar-refractivity contribution in [1.29, 1.82) is 0 Å². The van der Waals surface area contributed by atoms with Crippen molar-refractivity contribution in [3.63, 3.8) is 0 Å². The molecule has 0 saturated heterocycles. The van der Waals surface area contributed by atoms with Crippen LogP contribution in [0.2, 0.25) is 0 Å². The highest BCUT2D eigenvalue weighted by Gasteiger charge is 2.12. The highest BCUT2D eigenvalue weighted by Crippen LogP contribution is 2.24. The quantitative estimate of drug-likeness (QED) is 0.800. The molecule has 2 aromatic rings. The molecule has 0 fully saturated rings. The van der Waals surface area contributed by atoms with Crippen molar-refractivity contribution in [2.24, 2.45) is 0 Å². The highest BCUT2D eigenvalue weighted by molar-refractivity contribution is 9.10. The first kappa shape index (κ1) is 13.8. The summed E-state index contributed by atoms with van der Waals surface area (Å²) in [5.41, 5.74) is 0.367. The van der Waals surface area contributed by atoms with Gasteiger partial charge in [0.15, 0.2) is 0 Å². The molecule has 1 aromatic heterocycles. The molecule has 1 heterocycles. The lowest BCUT2D eigenvalue weighted by atomic mass is 10.1. The van der Waals surface area contributed by atoms with Crippen LogP contribution in [0.25, 0.3) is 11.1 Å². The van der Waals surface area contributed by atoms with Gasteiger partial charge in [0.05, 0.1) is 0 Å². The van der Waals surface area contributed by atoms with Gasteiger partial charge in [-0.05, 0) is 24.1 Å². The van der Waals surface area contributed by atoms with E-state index in [9.17, 15) is 9.90 Å². The molecule has 0 aliphatic heterocycles. The second-order valence-corrected chi connectivity index (χ2v) is 4.96. The first-order chi connectivity index (χ1) is 9.11. The van der Waals surface area contributed by atoms with E-state index < -0.39 is 0 Å². The number of aryl methyl sites for hydroxylation is 1. The van der Waals surface area contributed by atoms with Gasteiger partial charge in [-0.2, -0.15) is 4.98 Å². The van der Waals surface area contributed by atoms with E-state index in [2.05, 4.69) is 25.9 Å². The molecule has 0 unspecified atom stereocenters. The molecular formula is C13H13BrN2O3. The van der Waals surface area contributed by atoms with Crippen LogP contribution in [0.1, 0.15) is 12.2 Å². The van der Waals surface area contributed by atoms with Crippen LogP contribution >= 0.6 is 15.9 Å². The first-order valence-corrected chi connectivity index (χ1v) is 6.60. The van der Waals surface area contributed by atoms with Crippen LogP contribution in [0.4, 0.5) is 0 Å². The van der Waals surface area contributed by atoms with E-state index in [0.29, 0.717) is 24.2 Å². The summed E-state index contributed by atoms with van der Waals surface area (Å²) in [7, 11) is 0. The van der Waals surface area contributed by atoms with Crippen LogP contribution in [0.5, 0.6) is 5.88 Å². The number of hydrogen-bond acceptors (Lipinski definition) is 4. The summed E-state index contributed by atoms with van der Waals surface area (Å²) in [6.45, 7) is 0.0128. The molecule has 0 aliphatic rings. The fraction of sp³-hybridized carbons (Fsp3) is 0.231. The van der Waals surface area contributed by atoms with Gasteiger partial charge in [0, 0.05) is 17.5 Å². The number of benzene rings is 1. The third-order valence-electron chi connectivity index (χ3n) is 2.65. The third kappa shape index (κ3) is 3.21. The van der Waals surface area contributed by atoms with Crippen molar-refractivity contribution in [3.8, 4) is 17.0 Å². The molecule has 0 atom stereocenters. The van der Waals surface area contributed by atoms with E-state index in [-0.39, 0.29) is 23.6 Å². The molecule has 1 aromatic carbocycles. The van der Waals surface area contributed by atoms with Gasteiger partial charge in [-0.15, -0.1) is 0 Å². The van der Waals surface area contributed by atoms with E-state index in [1.807, 2.05) is 0 Å². The molecule has 5 nitrogen and oxygen atoms in total. The zero-order valence-corrected chi connectivity index (χ0v) is 11.6. The Balaban J connectivity index is 2.42. The molecule has 0 saturated carbocycles. The number of aromatic hydroxyl groups is 1. The Morgan fingerprint density at radius 1 is 1.26 bits per heavy atom. The predicted molar refractivity (Wildman–Crippen MR) is 75.1 cm³/mol. The lowest BCUT2D eigenvalue weighted by Crippen LogP contribution is -2.14. The zero-order chi connectivity index (χ0) is 13.8. The summed E-state index contributed by atoms with van der Waals surface area (Å²) in [6.07, 6.45) is 0.903. The number of nitrogens with zero attached hydrogens (tertiary/aromatic N) is 1. The van der Waals surface area contributed by atoms with Crippen molar-refractivity contribution < 1.29 is 10.2 Å². The number of rotatable bonds is 4. The van der Waals surface area contributed by atoms with Gasteiger partial charge in [-0.3, -0.25) is 4.79 Å². The highest BCUT2D eigenvalue weighted by atomic mass is 79.9. The van der Waals surface area contributed by atoms with Gasteiger partial charge in [0.1, 0.15) is 11.4 Å². The Bertz CT molecular complexity index is 623. The lowest BCUT2D eigenvalue weighted by molar-refractivity contribution is 0.287. The number of nitrogens with one attached hydrogen (secondary N) is 1. The van der Waals surface area contributed by atoms with Gasteiger partial charge in [0.25, 0.3) is 5.56 Å². The average molecular weight is 325 g/mol. The van der Waals surface area contributed by atoms with Crippen molar-refractivity contribution in [2.45, 2.75) is 12.8 Å². The van der Waals surface area contributed by atoms with Crippen LogP contribution in [-0.2, 0) is 6.42 Å². The summed E-state index contributed by atoms with van der Waals surface area (Å²) < 4.78 is 0.889. The Labute approximate surface area is 118 Å². The minimum atomic E-state index is -0.386. The molecule has 0 aliphatic carbocycles. The lowest BCUT2D eigenvalue weighted by Gasteiger charge is -2.06. The number of aliphatic hydroxyl groups excluding tert-OH is 1. The average Bonchev–Trinajstić information content (AvgIpc) is 2.38. The summed E-state index contributed by atoms with van der Waals surface area (Å²) in [4.78, 5) is 18.5. The largest absolute Gasteiger partial charge is 0.493 e. The topological polar surface area (TPSA) is 86.2 Å². The van der Waals surface area contributed by atoms with Crippen LogP contribution < -0.4 is 5.56 Å². The molecule has 0 bridgehead atoms. The van der Waals surface area contributed by atoms with Crippen molar-refractivity contribution in [2.75, 3.05) is 6.61 Å². The Morgan fingerprint density at radius 2 is 1.95 bits per heavy atom. The van der Waals surface area contributed by atoms with Crippen LogP contribution in [0.15, 0.2) is 33.5 Å². The summed E-state index contributed by atoms with van der Waals surface area (Å²) in [5, 5.41) is 18.6. The Morgan fingerprint density at radius 3 is 2.53 bits per heavy atom. The minimum absolute atomic E-state index is 0.0128. The van der Waals surface area contributed by atoms with Crippen molar-refractivity contribution in [3.05, 3.63) is 44.9 Å². The number of H-pyrrole nitrogens is 1. The normalized spacial score (nSPS) is 10.6. The Kier molecular flexibility index (Phi) is 4.34. The number of hydrogen-bond donors (Lipinski definition) is 3. The number of aromatic nitrogens is 2. The van der Waals surface area contributed by atoms with Gasteiger partial charge in [-0.1, -0.05) is 28.1 Å². The van der Waals surface area contributed by atoms with Crippen LogP contribution in [-0.4, -0.2) is 26.8 Å². The second-order valence-electron chi connectivity index (χ2n) is 4.05. The van der Waals surface area contributed by atoms with Gasteiger partial charge in [0.2, 0.25) is 5.88 Å². The molecule has 6 heteroatoms. The maximum absolute atomic E-state index is 12.0. The second kappa shape index (κ2) is 5.99. The maximum atomic E-state index is 12.0. The summed E-state index contributed by atoms with van der Waals surface area (Å²) in [6, 6.07) is 7.02. The van der Waals surface area contributed by atoms with Gasteiger partial charge < -0.3 is 15.2 Å².